The summed E-state index contributed by atoms with van der Waals surface area (Å²) in [7, 11) is 0. The molecular formula is C14H23N5O2. The molecule has 7 heteroatoms. The minimum Gasteiger partial charge on any atom is -0.480 e. The number of carboxylic acids is 1. The average molecular weight is 293 g/mol. The summed E-state index contributed by atoms with van der Waals surface area (Å²) in [6.45, 7) is 3.41. The molecule has 3 unspecified atom stereocenters. The summed E-state index contributed by atoms with van der Waals surface area (Å²) in [5, 5.41) is 21.4. The largest absolute Gasteiger partial charge is 0.480 e. The number of nitrogens with zero attached hydrogens (tertiary/aromatic N) is 5. The molecule has 0 aromatic carbocycles. The fourth-order valence-electron chi connectivity index (χ4n) is 3.91. The van der Waals surface area contributed by atoms with Crippen molar-refractivity contribution in [1.29, 1.82) is 0 Å². The van der Waals surface area contributed by atoms with Gasteiger partial charge in [-0.25, -0.2) is 4.68 Å². The number of hydrogen-bond donors (Lipinski definition) is 1. The summed E-state index contributed by atoms with van der Waals surface area (Å²) in [6, 6.07) is -0.00324. The predicted octanol–water partition coefficient (Wildman–Crippen LogP) is 1.30. The van der Waals surface area contributed by atoms with Gasteiger partial charge in [-0.3, -0.25) is 9.69 Å². The molecule has 2 fully saturated rings. The van der Waals surface area contributed by atoms with Crippen LogP contribution in [0.1, 0.15) is 51.3 Å². The SMILES string of the molecule is CCCn1nnnc1CN1C(C(=O)O)CC2CCCCC21. The minimum absolute atomic E-state index is 0.381. The number of fused-ring (bicyclic) bond motifs is 1. The van der Waals surface area contributed by atoms with Crippen LogP contribution in [0.3, 0.4) is 0 Å². The highest BCUT2D eigenvalue weighted by Gasteiger charge is 2.45. The number of aromatic nitrogens is 4. The summed E-state index contributed by atoms with van der Waals surface area (Å²) in [4.78, 5) is 13.7. The monoisotopic (exact) mass is 293 g/mol. The Morgan fingerprint density at radius 1 is 1.38 bits per heavy atom. The number of likely N-dealkylation sites (tertiary alicyclic amines) is 1. The number of carbonyl (C=O) groups is 1. The normalized spacial score (nSPS) is 29.5. The second-order valence-corrected chi connectivity index (χ2v) is 6.19. The van der Waals surface area contributed by atoms with Crippen LogP contribution < -0.4 is 0 Å². The number of carboxylic acid groups (broad SMARTS) is 1. The van der Waals surface area contributed by atoms with Gasteiger partial charge in [0.15, 0.2) is 5.82 Å². The van der Waals surface area contributed by atoms with E-state index in [1.54, 1.807) is 4.68 Å². The van der Waals surface area contributed by atoms with Gasteiger partial charge in [0.25, 0.3) is 0 Å². The number of aryl methyl sites for hydroxylation is 1. The van der Waals surface area contributed by atoms with Crippen molar-refractivity contribution in [1.82, 2.24) is 25.1 Å². The molecular weight excluding hydrogens is 270 g/mol. The van der Waals surface area contributed by atoms with Crippen LogP contribution in [-0.4, -0.2) is 48.3 Å². The molecule has 1 aromatic heterocycles. The molecule has 1 aromatic rings. The van der Waals surface area contributed by atoms with Gasteiger partial charge in [0.05, 0.1) is 6.54 Å². The van der Waals surface area contributed by atoms with Gasteiger partial charge < -0.3 is 5.11 Å². The van der Waals surface area contributed by atoms with Crippen molar-refractivity contribution in [3.05, 3.63) is 5.82 Å². The molecule has 1 N–H and O–H groups in total. The van der Waals surface area contributed by atoms with E-state index in [-0.39, 0.29) is 6.04 Å². The molecule has 2 heterocycles. The van der Waals surface area contributed by atoms with Gasteiger partial charge in [-0.2, -0.15) is 0 Å². The van der Waals surface area contributed by atoms with Crippen LogP contribution >= 0.6 is 0 Å². The molecule has 1 saturated carbocycles. The van der Waals surface area contributed by atoms with E-state index in [4.69, 9.17) is 0 Å². The van der Waals surface area contributed by atoms with Crippen LogP contribution in [0.25, 0.3) is 0 Å². The smallest absolute Gasteiger partial charge is 0.320 e. The maximum absolute atomic E-state index is 11.6. The maximum atomic E-state index is 11.6. The summed E-state index contributed by atoms with van der Waals surface area (Å²) in [5.41, 5.74) is 0. The lowest BCUT2D eigenvalue weighted by atomic mass is 9.85. The van der Waals surface area contributed by atoms with E-state index >= 15 is 0 Å². The van der Waals surface area contributed by atoms with Gasteiger partial charge in [0, 0.05) is 12.6 Å². The Balaban J connectivity index is 1.80. The van der Waals surface area contributed by atoms with Crippen molar-refractivity contribution in [3.63, 3.8) is 0 Å². The van der Waals surface area contributed by atoms with Gasteiger partial charge in [-0.15, -0.1) is 5.10 Å². The summed E-state index contributed by atoms with van der Waals surface area (Å²) in [6.07, 6.45) is 6.43. The lowest BCUT2D eigenvalue weighted by molar-refractivity contribution is -0.143. The Labute approximate surface area is 124 Å². The molecule has 0 bridgehead atoms. The van der Waals surface area contributed by atoms with Crippen LogP contribution in [0.15, 0.2) is 0 Å². The van der Waals surface area contributed by atoms with Crippen molar-refractivity contribution in [3.8, 4) is 0 Å². The molecule has 0 radical (unpaired) electrons. The van der Waals surface area contributed by atoms with Crippen molar-refractivity contribution in [2.75, 3.05) is 0 Å². The van der Waals surface area contributed by atoms with Crippen LogP contribution in [0.5, 0.6) is 0 Å². The van der Waals surface area contributed by atoms with Crippen molar-refractivity contribution < 1.29 is 9.90 Å². The molecule has 0 spiro atoms. The first-order chi connectivity index (χ1) is 10.2. The Morgan fingerprint density at radius 2 is 2.19 bits per heavy atom. The zero-order valence-electron chi connectivity index (χ0n) is 12.5. The van der Waals surface area contributed by atoms with Gasteiger partial charge >= 0.3 is 5.97 Å². The van der Waals surface area contributed by atoms with Crippen molar-refractivity contribution >= 4 is 5.97 Å². The molecule has 1 aliphatic heterocycles. The first-order valence-electron chi connectivity index (χ1n) is 7.94. The summed E-state index contributed by atoms with van der Waals surface area (Å²) >= 11 is 0. The van der Waals surface area contributed by atoms with Crippen LogP contribution in [0.2, 0.25) is 0 Å². The van der Waals surface area contributed by atoms with Crippen LogP contribution in [0.4, 0.5) is 0 Å². The van der Waals surface area contributed by atoms with E-state index in [9.17, 15) is 9.90 Å². The Bertz CT molecular complexity index is 503. The minimum atomic E-state index is -0.709. The molecule has 1 aliphatic carbocycles. The quantitative estimate of drug-likeness (QED) is 0.881. The third-order valence-corrected chi connectivity index (χ3v) is 4.87. The fourth-order valence-corrected chi connectivity index (χ4v) is 3.91. The second kappa shape index (κ2) is 6.09. The number of aliphatic carboxylic acids is 1. The Morgan fingerprint density at radius 3 is 2.95 bits per heavy atom. The molecule has 0 amide bonds. The summed E-state index contributed by atoms with van der Waals surface area (Å²) < 4.78 is 1.80. The van der Waals surface area contributed by atoms with Crippen molar-refractivity contribution in [2.45, 2.75) is 70.6 Å². The molecule has 3 rings (SSSR count). The number of rotatable bonds is 5. The van der Waals surface area contributed by atoms with Crippen LogP contribution in [-0.2, 0) is 17.9 Å². The standard InChI is InChI=1S/C14H23N5O2/c1-2-7-19-13(15-16-17-19)9-18-11-6-4-3-5-10(11)8-12(18)14(20)21/h10-12H,2-9H2,1H3,(H,20,21). The molecule has 7 nitrogen and oxygen atoms in total. The second-order valence-electron chi connectivity index (χ2n) is 6.19. The van der Waals surface area contributed by atoms with E-state index in [0.29, 0.717) is 18.5 Å². The van der Waals surface area contributed by atoms with Crippen LogP contribution in [0, 0.1) is 5.92 Å². The van der Waals surface area contributed by atoms with E-state index in [2.05, 4.69) is 27.3 Å². The first-order valence-corrected chi connectivity index (χ1v) is 7.94. The Kier molecular flexibility index (Phi) is 4.19. The zero-order chi connectivity index (χ0) is 14.8. The highest BCUT2D eigenvalue weighted by molar-refractivity contribution is 5.74. The third-order valence-electron chi connectivity index (χ3n) is 4.87. The zero-order valence-corrected chi connectivity index (χ0v) is 12.5. The number of tetrazole rings is 1. The number of hydrogen-bond acceptors (Lipinski definition) is 5. The Hall–Kier alpha value is -1.50. The summed E-state index contributed by atoms with van der Waals surface area (Å²) in [5.74, 6) is 0.601. The molecule has 2 aliphatic rings. The third kappa shape index (κ3) is 2.79. The molecule has 1 saturated heterocycles. The lowest BCUT2D eigenvalue weighted by Crippen LogP contribution is -2.42. The first kappa shape index (κ1) is 14.4. The van der Waals surface area contributed by atoms with E-state index in [0.717, 1.165) is 38.1 Å². The highest BCUT2D eigenvalue weighted by Crippen LogP contribution is 2.40. The average Bonchev–Trinajstić information content (AvgIpc) is 3.05. The molecule has 3 atom stereocenters. The van der Waals surface area contributed by atoms with Gasteiger partial charge in [-0.1, -0.05) is 19.8 Å². The van der Waals surface area contributed by atoms with Gasteiger partial charge in [0.1, 0.15) is 6.04 Å². The predicted molar refractivity (Wildman–Crippen MR) is 75.4 cm³/mol. The van der Waals surface area contributed by atoms with Gasteiger partial charge in [0.2, 0.25) is 0 Å². The van der Waals surface area contributed by atoms with Gasteiger partial charge in [-0.05, 0) is 42.0 Å². The van der Waals surface area contributed by atoms with E-state index in [1.165, 1.54) is 12.8 Å². The van der Waals surface area contributed by atoms with Crippen molar-refractivity contribution in [2.24, 2.45) is 5.92 Å². The highest BCUT2D eigenvalue weighted by atomic mass is 16.4. The molecule has 116 valence electrons. The van der Waals surface area contributed by atoms with E-state index < -0.39 is 5.97 Å². The topological polar surface area (TPSA) is 84.1 Å². The lowest BCUT2D eigenvalue weighted by Gasteiger charge is -2.32. The van der Waals surface area contributed by atoms with E-state index in [1.807, 2.05) is 0 Å². The maximum Gasteiger partial charge on any atom is 0.320 e. The molecule has 21 heavy (non-hydrogen) atoms. The fraction of sp³-hybridized carbons (Fsp3) is 0.857.